The molecule has 0 radical (unpaired) electrons. The predicted molar refractivity (Wildman–Crippen MR) is 75.6 cm³/mol. The smallest absolute Gasteiger partial charge is 0.124 e. The molecule has 0 unspecified atom stereocenters. The van der Waals surface area contributed by atoms with E-state index in [1.54, 1.807) is 11.3 Å². The third kappa shape index (κ3) is 3.56. The van der Waals surface area contributed by atoms with E-state index in [9.17, 15) is 0 Å². The lowest BCUT2D eigenvalue weighted by Crippen LogP contribution is -2.02. The molecule has 0 bridgehead atoms. The van der Waals surface area contributed by atoms with E-state index in [1.807, 2.05) is 29.6 Å². The Morgan fingerprint density at radius 3 is 2.88 bits per heavy atom. The Bertz CT molecular complexity index is 484. The van der Waals surface area contributed by atoms with Gasteiger partial charge in [-0.15, -0.1) is 11.3 Å². The van der Waals surface area contributed by atoms with E-state index < -0.39 is 0 Å². The molecule has 1 aromatic carbocycles. The summed E-state index contributed by atoms with van der Waals surface area (Å²) >= 11 is 5.18. The van der Waals surface area contributed by atoms with Gasteiger partial charge in [-0.25, -0.2) is 0 Å². The van der Waals surface area contributed by atoms with Crippen molar-refractivity contribution in [1.29, 1.82) is 0 Å². The fourth-order valence-electron chi connectivity index (χ4n) is 1.53. The van der Waals surface area contributed by atoms with Crippen molar-refractivity contribution in [2.75, 3.05) is 6.54 Å². The van der Waals surface area contributed by atoms with E-state index in [0.29, 0.717) is 13.2 Å². The van der Waals surface area contributed by atoms with Gasteiger partial charge in [0, 0.05) is 4.47 Å². The highest BCUT2D eigenvalue weighted by atomic mass is 79.9. The van der Waals surface area contributed by atoms with Crippen molar-refractivity contribution in [1.82, 2.24) is 0 Å². The van der Waals surface area contributed by atoms with Crippen molar-refractivity contribution in [2.24, 2.45) is 5.73 Å². The lowest BCUT2D eigenvalue weighted by atomic mass is 10.1. The van der Waals surface area contributed by atoms with Crippen LogP contribution in [-0.2, 0) is 13.0 Å². The standard InChI is InChI=1S/C13H14BrNOS/c14-12-5-7-17-13(12)9-16-11-3-1-2-10(8-11)4-6-15/h1-3,5,7-8H,4,6,9,15H2. The molecular weight excluding hydrogens is 298 g/mol. The van der Waals surface area contributed by atoms with Crippen LogP contribution in [0.25, 0.3) is 0 Å². The zero-order chi connectivity index (χ0) is 12.1. The maximum Gasteiger partial charge on any atom is 0.124 e. The van der Waals surface area contributed by atoms with Crippen LogP contribution in [0.15, 0.2) is 40.2 Å². The van der Waals surface area contributed by atoms with E-state index in [2.05, 4.69) is 22.0 Å². The van der Waals surface area contributed by atoms with E-state index >= 15 is 0 Å². The van der Waals surface area contributed by atoms with Crippen molar-refractivity contribution < 1.29 is 4.74 Å². The van der Waals surface area contributed by atoms with Crippen LogP contribution >= 0.6 is 27.3 Å². The van der Waals surface area contributed by atoms with Crippen LogP contribution in [0.3, 0.4) is 0 Å². The normalized spacial score (nSPS) is 10.5. The van der Waals surface area contributed by atoms with Crippen LogP contribution < -0.4 is 10.5 Å². The second-order valence-electron chi connectivity index (χ2n) is 3.67. The van der Waals surface area contributed by atoms with Gasteiger partial charge in [0.05, 0.1) is 4.88 Å². The molecule has 2 N–H and O–H groups in total. The summed E-state index contributed by atoms with van der Waals surface area (Å²) in [6.45, 7) is 1.27. The van der Waals surface area contributed by atoms with Gasteiger partial charge in [0.1, 0.15) is 12.4 Å². The molecular formula is C13H14BrNOS. The van der Waals surface area contributed by atoms with E-state index in [1.165, 1.54) is 10.4 Å². The van der Waals surface area contributed by atoms with Crippen molar-refractivity contribution >= 4 is 27.3 Å². The molecule has 0 saturated carbocycles. The molecule has 4 heteroatoms. The van der Waals surface area contributed by atoms with Crippen molar-refractivity contribution in [3.8, 4) is 5.75 Å². The Morgan fingerprint density at radius 2 is 2.18 bits per heavy atom. The van der Waals surface area contributed by atoms with E-state index in [4.69, 9.17) is 10.5 Å². The minimum absolute atomic E-state index is 0.602. The van der Waals surface area contributed by atoms with Gasteiger partial charge < -0.3 is 10.5 Å². The largest absolute Gasteiger partial charge is 0.488 e. The first kappa shape index (κ1) is 12.6. The molecule has 0 amide bonds. The minimum Gasteiger partial charge on any atom is -0.488 e. The molecule has 0 aliphatic carbocycles. The van der Waals surface area contributed by atoms with Gasteiger partial charge in [-0.2, -0.15) is 0 Å². The highest BCUT2D eigenvalue weighted by Gasteiger charge is 2.02. The lowest BCUT2D eigenvalue weighted by molar-refractivity contribution is 0.309. The molecule has 2 nitrogen and oxygen atoms in total. The summed E-state index contributed by atoms with van der Waals surface area (Å²) in [5, 5.41) is 2.05. The van der Waals surface area contributed by atoms with Crippen LogP contribution in [0.1, 0.15) is 10.4 Å². The minimum atomic E-state index is 0.602. The Labute approximate surface area is 114 Å². The first-order chi connectivity index (χ1) is 8.29. The summed E-state index contributed by atoms with van der Waals surface area (Å²) in [5.41, 5.74) is 6.75. The average molecular weight is 312 g/mol. The van der Waals surface area contributed by atoms with Crippen LogP contribution in [0, 0.1) is 0 Å². The van der Waals surface area contributed by atoms with Crippen LogP contribution in [-0.4, -0.2) is 6.54 Å². The summed E-state index contributed by atoms with van der Waals surface area (Å²) in [7, 11) is 0. The fraction of sp³-hybridized carbons (Fsp3) is 0.231. The van der Waals surface area contributed by atoms with Gasteiger partial charge in [0.25, 0.3) is 0 Å². The highest BCUT2D eigenvalue weighted by molar-refractivity contribution is 9.10. The predicted octanol–water partition coefficient (Wildman–Crippen LogP) is 3.59. The van der Waals surface area contributed by atoms with E-state index in [-0.39, 0.29) is 0 Å². The molecule has 0 fully saturated rings. The summed E-state index contributed by atoms with van der Waals surface area (Å²) in [4.78, 5) is 1.20. The Balaban J connectivity index is 1.99. The van der Waals surface area contributed by atoms with Gasteiger partial charge in [-0.05, 0) is 58.0 Å². The summed E-state index contributed by atoms with van der Waals surface area (Å²) in [6, 6.07) is 10.1. The highest BCUT2D eigenvalue weighted by Crippen LogP contribution is 2.24. The number of nitrogens with two attached hydrogens (primary N) is 1. The fourth-order valence-corrected chi connectivity index (χ4v) is 2.91. The first-order valence-electron chi connectivity index (χ1n) is 5.43. The van der Waals surface area contributed by atoms with Crippen LogP contribution in [0.2, 0.25) is 0 Å². The third-order valence-corrected chi connectivity index (χ3v) is 4.29. The van der Waals surface area contributed by atoms with E-state index in [0.717, 1.165) is 16.6 Å². The molecule has 17 heavy (non-hydrogen) atoms. The van der Waals surface area contributed by atoms with Crippen LogP contribution in [0.4, 0.5) is 0 Å². The van der Waals surface area contributed by atoms with Crippen molar-refractivity contribution in [2.45, 2.75) is 13.0 Å². The molecule has 2 aromatic rings. The van der Waals surface area contributed by atoms with Crippen molar-refractivity contribution in [3.63, 3.8) is 0 Å². The Kier molecular flexibility index (Phi) is 4.59. The molecule has 0 spiro atoms. The number of thiophene rings is 1. The molecule has 1 heterocycles. The van der Waals surface area contributed by atoms with Crippen LogP contribution in [0.5, 0.6) is 5.75 Å². The number of benzene rings is 1. The molecule has 90 valence electrons. The Morgan fingerprint density at radius 1 is 1.29 bits per heavy atom. The first-order valence-corrected chi connectivity index (χ1v) is 7.10. The topological polar surface area (TPSA) is 35.2 Å². The number of hydrogen-bond acceptors (Lipinski definition) is 3. The zero-order valence-electron chi connectivity index (χ0n) is 9.36. The van der Waals surface area contributed by atoms with Gasteiger partial charge >= 0.3 is 0 Å². The second kappa shape index (κ2) is 6.19. The SMILES string of the molecule is NCCc1cccc(OCc2sccc2Br)c1. The maximum absolute atomic E-state index is 5.76. The van der Waals surface area contributed by atoms with Gasteiger partial charge in [0.15, 0.2) is 0 Å². The summed E-state index contributed by atoms with van der Waals surface area (Å²) in [6.07, 6.45) is 0.889. The summed E-state index contributed by atoms with van der Waals surface area (Å²) < 4.78 is 6.87. The van der Waals surface area contributed by atoms with Gasteiger partial charge in [-0.1, -0.05) is 12.1 Å². The monoisotopic (exact) mass is 311 g/mol. The molecule has 0 atom stereocenters. The molecule has 1 aromatic heterocycles. The third-order valence-electron chi connectivity index (χ3n) is 2.39. The number of ether oxygens (including phenoxy) is 1. The van der Waals surface area contributed by atoms with Gasteiger partial charge in [0.2, 0.25) is 0 Å². The second-order valence-corrected chi connectivity index (χ2v) is 5.52. The number of halogens is 1. The van der Waals surface area contributed by atoms with Crippen molar-refractivity contribution in [3.05, 3.63) is 50.6 Å². The summed E-state index contributed by atoms with van der Waals surface area (Å²) in [5.74, 6) is 0.899. The number of rotatable bonds is 5. The zero-order valence-corrected chi connectivity index (χ0v) is 11.8. The average Bonchev–Trinajstić information content (AvgIpc) is 2.73. The lowest BCUT2D eigenvalue weighted by Gasteiger charge is -2.07. The molecule has 2 rings (SSSR count). The maximum atomic E-state index is 5.76. The molecule has 0 aliphatic rings. The molecule has 0 saturated heterocycles. The number of hydrogen-bond donors (Lipinski definition) is 1. The van der Waals surface area contributed by atoms with Gasteiger partial charge in [-0.3, -0.25) is 0 Å². The Hall–Kier alpha value is -0.840. The molecule has 0 aliphatic heterocycles. The quantitative estimate of drug-likeness (QED) is 0.916.